The third-order valence-electron chi connectivity index (χ3n) is 2.28. The highest BCUT2D eigenvalue weighted by Crippen LogP contribution is 2.09. The van der Waals surface area contributed by atoms with Crippen LogP contribution in [0.3, 0.4) is 0 Å². The van der Waals surface area contributed by atoms with E-state index in [0.717, 1.165) is 6.42 Å². The fraction of sp³-hybridized carbons (Fsp3) is 0.818. The topological polar surface area (TPSA) is 43.4 Å². The van der Waals surface area contributed by atoms with Crippen LogP contribution in [0.4, 0.5) is 0 Å². The number of esters is 1. The van der Waals surface area contributed by atoms with Crippen LogP contribution in [0.5, 0.6) is 0 Å². The molecule has 0 aliphatic heterocycles. The van der Waals surface area contributed by atoms with Crippen LogP contribution in [0.25, 0.3) is 0 Å². The van der Waals surface area contributed by atoms with Gasteiger partial charge in [-0.2, -0.15) is 0 Å². The van der Waals surface area contributed by atoms with Crippen LogP contribution in [0.2, 0.25) is 0 Å². The maximum atomic E-state index is 11.4. The minimum atomic E-state index is -0.614. The SMILES string of the molecule is CCC(C)C(=O)OC(C)C(=O)C(C)C. The summed E-state index contributed by atoms with van der Waals surface area (Å²) in [6.45, 7) is 8.95. The fourth-order valence-corrected chi connectivity index (χ4v) is 0.985. The Labute approximate surface area is 85.8 Å². The number of hydrogen-bond acceptors (Lipinski definition) is 3. The molecule has 82 valence electrons. The fourth-order valence-electron chi connectivity index (χ4n) is 0.985. The van der Waals surface area contributed by atoms with Gasteiger partial charge in [0.05, 0.1) is 5.92 Å². The maximum absolute atomic E-state index is 11.4. The highest BCUT2D eigenvalue weighted by Gasteiger charge is 2.22. The molecule has 0 saturated carbocycles. The average Bonchev–Trinajstić information content (AvgIpc) is 2.14. The molecule has 2 atom stereocenters. The molecule has 0 fully saturated rings. The smallest absolute Gasteiger partial charge is 0.309 e. The second-order valence-corrected chi connectivity index (χ2v) is 3.95. The Bertz CT molecular complexity index is 209. The third-order valence-corrected chi connectivity index (χ3v) is 2.28. The Balaban J connectivity index is 4.12. The molecule has 14 heavy (non-hydrogen) atoms. The summed E-state index contributed by atoms with van der Waals surface area (Å²) in [4.78, 5) is 22.7. The number of ketones is 1. The first-order valence-corrected chi connectivity index (χ1v) is 5.14. The van der Waals surface area contributed by atoms with Gasteiger partial charge in [0.1, 0.15) is 0 Å². The summed E-state index contributed by atoms with van der Waals surface area (Å²) in [5.74, 6) is -0.525. The van der Waals surface area contributed by atoms with E-state index in [-0.39, 0.29) is 23.6 Å². The molecular weight excluding hydrogens is 180 g/mol. The standard InChI is InChI=1S/C11H20O3/c1-6-8(4)11(13)14-9(5)10(12)7(2)3/h7-9H,6H2,1-5H3. The number of Topliss-reactive ketones (excluding diaryl/α,β-unsaturated/α-hetero) is 1. The number of ether oxygens (including phenoxy) is 1. The first-order valence-electron chi connectivity index (χ1n) is 5.14. The van der Waals surface area contributed by atoms with Gasteiger partial charge < -0.3 is 4.74 Å². The van der Waals surface area contributed by atoms with Crippen LogP contribution < -0.4 is 0 Å². The van der Waals surface area contributed by atoms with Crippen molar-refractivity contribution in [3.8, 4) is 0 Å². The van der Waals surface area contributed by atoms with Gasteiger partial charge in [-0.25, -0.2) is 0 Å². The van der Waals surface area contributed by atoms with Gasteiger partial charge in [0.15, 0.2) is 11.9 Å². The molecule has 0 aromatic carbocycles. The summed E-state index contributed by atoms with van der Waals surface area (Å²) in [5, 5.41) is 0. The van der Waals surface area contributed by atoms with Crippen LogP contribution in [-0.2, 0) is 14.3 Å². The van der Waals surface area contributed by atoms with E-state index in [0.29, 0.717) is 0 Å². The molecule has 0 bridgehead atoms. The predicted octanol–water partition coefficient (Wildman–Crippen LogP) is 2.19. The predicted molar refractivity (Wildman–Crippen MR) is 54.9 cm³/mol. The third kappa shape index (κ3) is 3.90. The molecule has 0 aromatic heterocycles. The first-order chi connectivity index (χ1) is 6.40. The zero-order valence-corrected chi connectivity index (χ0v) is 9.66. The van der Waals surface area contributed by atoms with Crippen molar-refractivity contribution < 1.29 is 14.3 Å². The molecule has 0 heterocycles. The second kappa shape index (κ2) is 5.78. The monoisotopic (exact) mass is 200 g/mol. The quantitative estimate of drug-likeness (QED) is 0.639. The van der Waals surface area contributed by atoms with Crippen molar-refractivity contribution in [3.63, 3.8) is 0 Å². The van der Waals surface area contributed by atoms with Crippen molar-refractivity contribution in [2.24, 2.45) is 11.8 Å². The molecular formula is C11H20O3. The van der Waals surface area contributed by atoms with Crippen LogP contribution in [-0.4, -0.2) is 17.9 Å². The van der Waals surface area contributed by atoms with Crippen LogP contribution >= 0.6 is 0 Å². The van der Waals surface area contributed by atoms with E-state index >= 15 is 0 Å². The van der Waals surface area contributed by atoms with Crippen LogP contribution in [0.1, 0.15) is 41.0 Å². The highest BCUT2D eigenvalue weighted by atomic mass is 16.5. The van der Waals surface area contributed by atoms with E-state index in [9.17, 15) is 9.59 Å². The van der Waals surface area contributed by atoms with Gasteiger partial charge in [0.25, 0.3) is 0 Å². The molecule has 0 aromatic rings. The van der Waals surface area contributed by atoms with Crippen molar-refractivity contribution in [1.29, 1.82) is 0 Å². The van der Waals surface area contributed by atoms with Gasteiger partial charge in [-0.15, -0.1) is 0 Å². The van der Waals surface area contributed by atoms with E-state index in [2.05, 4.69) is 0 Å². The molecule has 2 unspecified atom stereocenters. The van der Waals surface area contributed by atoms with Crippen molar-refractivity contribution in [2.45, 2.75) is 47.1 Å². The van der Waals surface area contributed by atoms with E-state index in [1.54, 1.807) is 27.7 Å². The number of carbonyl (C=O) groups is 2. The zero-order chi connectivity index (χ0) is 11.3. The number of rotatable bonds is 5. The Kier molecular flexibility index (Phi) is 5.43. The number of hydrogen-bond donors (Lipinski definition) is 0. The summed E-state index contributed by atoms with van der Waals surface area (Å²) < 4.78 is 5.04. The normalized spacial score (nSPS) is 15.0. The van der Waals surface area contributed by atoms with Gasteiger partial charge in [-0.1, -0.05) is 27.7 Å². The summed E-state index contributed by atoms with van der Waals surface area (Å²) in [6.07, 6.45) is 0.123. The Morgan fingerprint density at radius 1 is 1.14 bits per heavy atom. The molecule has 0 amide bonds. The molecule has 0 N–H and O–H groups in total. The van der Waals surface area contributed by atoms with Gasteiger partial charge in [0.2, 0.25) is 0 Å². The lowest BCUT2D eigenvalue weighted by atomic mass is 10.0. The van der Waals surface area contributed by atoms with Gasteiger partial charge >= 0.3 is 5.97 Å². The molecule has 0 aliphatic rings. The maximum Gasteiger partial charge on any atom is 0.309 e. The Morgan fingerprint density at radius 3 is 2.00 bits per heavy atom. The first kappa shape index (κ1) is 13.1. The van der Waals surface area contributed by atoms with E-state index in [4.69, 9.17) is 4.74 Å². The van der Waals surface area contributed by atoms with Crippen molar-refractivity contribution >= 4 is 11.8 Å². The van der Waals surface area contributed by atoms with E-state index in [1.807, 2.05) is 6.92 Å². The van der Waals surface area contributed by atoms with Crippen LogP contribution in [0, 0.1) is 11.8 Å². The molecule has 0 spiro atoms. The molecule has 0 rings (SSSR count). The van der Waals surface area contributed by atoms with E-state index in [1.165, 1.54) is 0 Å². The van der Waals surface area contributed by atoms with Crippen molar-refractivity contribution in [3.05, 3.63) is 0 Å². The molecule has 3 heteroatoms. The lowest BCUT2D eigenvalue weighted by Crippen LogP contribution is -2.29. The zero-order valence-electron chi connectivity index (χ0n) is 9.66. The average molecular weight is 200 g/mol. The molecule has 3 nitrogen and oxygen atoms in total. The minimum absolute atomic E-state index is 0.0262. The Morgan fingerprint density at radius 2 is 1.64 bits per heavy atom. The van der Waals surface area contributed by atoms with Crippen LogP contribution in [0.15, 0.2) is 0 Å². The highest BCUT2D eigenvalue weighted by molar-refractivity contribution is 5.86. The van der Waals surface area contributed by atoms with Gasteiger partial charge in [-0.05, 0) is 13.3 Å². The lowest BCUT2D eigenvalue weighted by Gasteiger charge is -2.16. The molecule has 0 aliphatic carbocycles. The number of carbonyl (C=O) groups excluding carboxylic acids is 2. The van der Waals surface area contributed by atoms with Crippen molar-refractivity contribution in [1.82, 2.24) is 0 Å². The van der Waals surface area contributed by atoms with Gasteiger partial charge in [0, 0.05) is 5.92 Å². The minimum Gasteiger partial charge on any atom is -0.454 e. The Hall–Kier alpha value is -0.860. The summed E-state index contributed by atoms with van der Waals surface area (Å²) >= 11 is 0. The summed E-state index contributed by atoms with van der Waals surface area (Å²) in [6, 6.07) is 0. The summed E-state index contributed by atoms with van der Waals surface area (Å²) in [5.41, 5.74) is 0. The van der Waals surface area contributed by atoms with E-state index < -0.39 is 6.10 Å². The van der Waals surface area contributed by atoms with Crippen molar-refractivity contribution in [2.75, 3.05) is 0 Å². The summed E-state index contributed by atoms with van der Waals surface area (Å²) in [7, 11) is 0. The second-order valence-electron chi connectivity index (χ2n) is 3.95. The lowest BCUT2D eigenvalue weighted by molar-refractivity contribution is -0.158. The molecule has 0 saturated heterocycles. The largest absolute Gasteiger partial charge is 0.454 e. The molecule has 0 radical (unpaired) electrons. The van der Waals surface area contributed by atoms with Gasteiger partial charge in [-0.3, -0.25) is 9.59 Å².